The number of hydrogen-bond donors (Lipinski definition) is 3. The minimum absolute atomic E-state index is 0.124. The average molecular weight is 480 g/mol. The highest BCUT2D eigenvalue weighted by atomic mass is 16.2. The number of amides is 2. The highest BCUT2D eigenvalue weighted by Gasteiger charge is 2.09. The van der Waals surface area contributed by atoms with Gasteiger partial charge in [-0.2, -0.15) is 0 Å². The van der Waals surface area contributed by atoms with Gasteiger partial charge >= 0.3 is 0 Å². The molecule has 2 aromatic rings. The first-order chi connectivity index (χ1) is 17.1. The van der Waals surface area contributed by atoms with E-state index in [1.807, 2.05) is 24.3 Å². The third-order valence-corrected chi connectivity index (χ3v) is 6.34. The lowest BCUT2D eigenvalue weighted by Crippen LogP contribution is -2.42. The molecule has 0 aliphatic heterocycles. The standard InChI is InChI=1S/C30H45N3O2/c1-2-3-9-18-28(31)33-29(34)23-24-32-30(35)27-21-19-26(20-22-27)17-11-7-5-4-6-10-14-25-15-12-8-13-16-25/h8,12-13,15-16,19-22,28H,2-7,9-11,14,17-18,23-24,31H2,1H3,(H,32,35)(H,33,34). The van der Waals surface area contributed by atoms with Gasteiger partial charge in [-0.1, -0.05) is 94.3 Å². The molecule has 0 aliphatic carbocycles. The summed E-state index contributed by atoms with van der Waals surface area (Å²) in [6, 6.07) is 18.5. The topological polar surface area (TPSA) is 84.2 Å². The van der Waals surface area contributed by atoms with Crippen LogP contribution < -0.4 is 16.4 Å². The monoisotopic (exact) mass is 479 g/mol. The van der Waals surface area contributed by atoms with E-state index in [-0.39, 0.29) is 24.4 Å². The van der Waals surface area contributed by atoms with Crippen molar-refractivity contribution in [1.29, 1.82) is 0 Å². The van der Waals surface area contributed by atoms with Crippen molar-refractivity contribution in [3.05, 3.63) is 71.3 Å². The van der Waals surface area contributed by atoms with Gasteiger partial charge in [-0.05, 0) is 55.4 Å². The summed E-state index contributed by atoms with van der Waals surface area (Å²) in [6.45, 7) is 2.44. The first kappa shape index (κ1) is 28.6. The summed E-state index contributed by atoms with van der Waals surface area (Å²) in [5.41, 5.74) is 9.26. The smallest absolute Gasteiger partial charge is 0.251 e. The molecular weight excluding hydrogens is 434 g/mol. The molecule has 0 spiro atoms. The summed E-state index contributed by atoms with van der Waals surface area (Å²) in [5.74, 6) is -0.270. The molecule has 2 amide bonds. The Balaban J connectivity index is 1.52. The second-order valence-corrected chi connectivity index (χ2v) is 9.48. The zero-order chi connectivity index (χ0) is 25.1. The molecule has 0 heterocycles. The van der Waals surface area contributed by atoms with Crippen LogP contribution in [-0.4, -0.2) is 24.5 Å². The fourth-order valence-corrected chi connectivity index (χ4v) is 4.19. The third-order valence-electron chi connectivity index (χ3n) is 6.34. The highest BCUT2D eigenvalue weighted by Crippen LogP contribution is 2.13. The van der Waals surface area contributed by atoms with Crippen LogP contribution in [0, 0.1) is 0 Å². The molecule has 192 valence electrons. The molecule has 0 saturated heterocycles. The van der Waals surface area contributed by atoms with Gasteiger partial charge < -0.3 is 16.4 Å². The molecule has 5 nitrogen and oxygen atoms in total. The second kappa shape index (κ2) is 17.7. The Morgan fingerprint density at radius 3 is 2.00 bits per heavy atom. The molecule has 35 heavy (non-hydrogen) atoms. The van der Waals surface area contributed by atoms with Crippen molar-refractivity contribution in [2.75, 3.05) is 6.54 Å². The van der Waals surface area contributed by atoms with Crippen molar-refractivity contribution < 1.29 is 9.59 Å². The molecule has 0 fully saturated rings. The molecule has 4 N–H and O–H groups in total. The first-order valence-corrected chi connectivity index (χ1v) is 13.5. The summed E-state index contributed by atoms with van der Waals surface area (Å²) in [7, 11) is 0. The van der Waals surface area contributed by atoms with Crippen LogP contribution in [0.4, 0.5) is 0 Å². The van der Waals surface area contributed by atoms with Crippen molar-refractivity contribution in [2.24, 2.45) is 5.73 Å². The predicted molar refractivity (Wildman–Crippen MR) is 145 cm³/mol. The van der Waals surface area contributed by atoms with Crippen LogP contribution in [0.2, 0.25) is 0 Å². The highest BCUT2D eigenvalue weighted by molar-refractivity contribution is 5.94. The normalized spacial score (nSPS) is 11.7. The molecule has 1 unspecified atom stereocenters. The summed E-state index contributed by atoms with van der Waals surface area (Å²) in [4.78, 5) is 24.3. The van der Waals surface area contributed by atoms with Gasteiger partial charge in [0.15, 0.2) is 0 Å². The van der Waals surface area contributed by atoms with E-state index >= 15 is 0 Å². The van der Waals surface area contributed by atoms with Gasteiger partial charge in [-0.25, -0.2) is 0 Å². The molecule has 0 bridgehead atoms. The van der Waals surface area contributed by atoms with Crippen LogP contribution in [-0.2, 0) is 17.6 Å². The van der Waals surface area contributed by atoms with Crippen LogP contribution in [0.25, 0.3) is 0 Å². The molecular formula is C30H45N3O2. The molecule has 0 saturated carbocycles. The Morgan fingerprint density at radius 2 is 1.37 bits per heavy atom. The lowest BCUT2D eigenvalue weighted by molar-refractivity contribution is -0.121. The number of nitrogens with two attached hydrogens (primary N) is 1. The molecule has 2 aromatic carbocycles. The van der Waals surface area contributed by atoms with E-state index in [1.54, 1.807) is 0 Å². The fourth-order valence-electron chi connectivity index (χ4n) is 4.19. The zero-order valence-electron chi connectivity index (χ0n) is 21.6. The Kier molecular flexibility index (Phi) is 14.5. The number of unbranched alkanes of at least 4 members (excludes halogenated alkanes) is 7. The van der Waals surface area contributed by atoms with Crippen molar-refractivity contribution >= 4 is 11.8 Å². The second-order valence-electron chi connectivity index (χ2n) is 9.48. The fraction of sp³-hybridized carbons (Fsp3) is 0.533. The maximum atomic E-state index is 12.3. The number of rotatable bonds is 18. The van der Waals surface area contributed by atoms with Crippen LogP contribution in [0.3, 0.4) is 0 Å². The lowest BCUT2D eigenvalue weighted by atomic mass is 10.0. The Hall–Kier alpha value is -2.66. The minimum atomic E-state index is -0.308. The summed E-state index contributed by atoms with van der Waals surface area (Å²) < 4.78 is 0. The summed E-state index contributed by atoms with van der Waals surface area (Å²) >= 11 is 0. The zero-order valence-corrected chi connectivity index (χ0v) is 21.6. The van der Waals surface area contributed by atoms with Gasteiger partial charge in [0.25, 0.3) is 5.91 Å². The van der Waals surface area contributed by atoms with E-state index in [4.69, 9.17) is 5.73 Å². The molecule has 5 heteroatoms. The van der Waals surface area contributed by atoms with Crippen molar-refractivity contribution in [1.82, 2.24) is 10.6 Å². The van der Waals surface area contributed by atoms with E-state index < -0.39 is 0 Å². The molecule has 0 aliphatic rings. The molecule has 0 aromatic heterocycles. The Bertz CT molecular complexity index is 836. The van der Waals surface area contributed by atoms with Crippen LogP contribution in [0.1, 0.15) is 99.0 Å². The maximum Gasteiger partial charge on any atom is 0.251 e. The number of carbonyl (C=O) groups excluding carboxylic acids is 2. The number of nitrogens with one attached hydrogen (secondary N) is 2. The van der Waals surface area contributed by atoms with Gasteiger partial charge in [0.2, 0.25) is 5.91 Å². The van der Waals surface area contributed by atoms with Gasteiger partial charge in [0.05, 0.1) is 6.17 Å². The van der Waals surface area contributed by atoms with Crippen LogP contribution in [0.15, 0.2) is 54.6 Å². The van der Waals surface area contributed by atoms with E-state index in [2.05, 4.69) is 47.9 Å². The molecule has 1 atom stereocenters. The molecule has 2 rings (SSSR count). The van der Waals surface area contributed by atoms with E-state index in [0.29, 0.717) is 12.1 Å². The summed E-state index contributed by atoms with van der Waals surface area (Å²) in [6.07, 6.45) is 13.8. The van der Waals surface area contributed by atoms with E-state index in [0.717, 1.165) is 32.1 Å². The Morgan fingerprint density at radius 1 is 0.771 bits per heavy atom. The maximum absolute atomic E-state index is 12.3. The average Bonchev–Trinajstić information content (AvgIpc) is 2.86. The SMILES string of the molecule is CCCCCC(N)NC(=O)CCNC(=O)c1ccc(CCCCCCCCc2ccccc2)cc1. The van der Waals surface area contributed by atoms with E-state index in [9.17, 15) is 9.59 Å². The first-order valence-electron chi connectivity index (χ1n) is 13.5. The van der Waals surface area contributed by atoms with Crippen molar-refractivity contribution in [2.45, 2.75) is 96.6 Å². The number of benzene rings is 2. The van der Waals surface area contributed by atoms with Gasteiger partial charge in [0, 0.05) is 18.5 Å². The number of aryl methyl sites for hydroxylation is 2. The van der Waals surface area contributed by atoms with Gasteiger partial charge in [0.1, 0.15) is 0 Å². The van der Waals surface area contributed by atoms with Crippen LogP contribution in [0.5, 0.6) is 0 Å². The van der Waals surface area contributed by atoms with Gasteiger partial charge in [-0.15, -0.1) is 0 Å². The predicted octanol–water partition coefficient (Wildman–Crippen LogP) is 5.91. The molecule has 0 radical (unpaired) electrons. The van der Waals surface area contributed by atoms with E-state index in [1.165, 1.54) is 56.1 Å². The van der Waals surface area contributed by atoms with Gasteiger partial charge in [-0.3, -0.25) is 9.59 Å². The van der Waals surface area contributed by atoms with Crippen molar-refractivity contribution in [3.63, 3.8) is 0 Å². The number of carbonyl (C=O) groups is 2. The lowest BCUT2D eigenvalue weighted by Gasteiger charge is -2.13. The summed E-state index contributed by atoms with van der Waals surface area (Å²) in [5, 5.41) is 5.61. The minimum Gasteiger partial charge on any atom is -0.352 e. The quantitative estimate of drug-likeness (QED) is 0.183. The van der Waals surface area contributed by atoms with Crippen LogP contribution >= 0.6 is 0 Å². The largest absolute Gasteiger partial charge is 0.352 e. The van der Waals surface area contributed by atoms with Crippen molar-refractivity contribution in [3.8, 4) is 0 Å². The number of hydrogen-bond acceptors (Lipinski definition) is 3. The Labute approximate surface area is 212 Å². The third kappa shape index (κ3) is 13.1.